The third-order valence-electron chi connectivity index (χ3n) is 1.81. The third-order valence-corrected chi connectivity index (χ3v) is 1.81. The zero-order valence-electron chi connectivity index (χ0n) is 8.12. The van der Waals surface area contributed by atoms with Crippen LogP contribution in [0.3, 0.4) is 0 Å². The number of hydrogen-bond acceptors (Lipinski definition) is 1. The molecule has 0 unspecified atom stereocenters. The van der Waals surface area contributed by atoms with Gasteiger partial charge in [0.05, 0.1) is 0 Å². The van der Waals surface area contributed by atoms with Crippen LogP contribution in [0.15, 0.2) is 29.8 Å². The average Bonchev–Trinajstić information content (AvgIpc) is 2.09. The highest BCUT2D eigenvalue weighted by atomic mass is 16.3. The minimum absolute atomic E-state index is 0.314. The van der Waals surface area contributed by atoms with Gasteiger partial charge in [-0.3, -0.25) is 0 Å². The molecule has 13 heavy (non-hydrogen) atoms. The minimum Gasteiger partial charge on any atom is -0.508 e. The first-order valence-electron chi connectivity index (χ1n) is 4.53. The maximum Gasteiger partial charge on any atom is 0.115 e. The van der Waals surface area contributed by atoms with Crippen molar-refractivity contribution in [1.29, 1.82) is 0 Å². The summed E-state index contributed by atoms with van der Waals surface area (Å²) in [7, 11) is 0. The van der Waals surface area contributed by atoms with Crippen LogP contribution in [-0.2, 0) is 0 Å². The predicted molar refractivity (Wildman–Crippen MR) is 56.3 cm³/mol. The van der Waals surface area contributed by atoms with Crippen LogP contribution >= 0.6 is 0 Å². The first-order valence-corrected chi connectivity index (χ1v) is 4.53. The summed E-state index contributed by atoms with van der Waals surface area (Å²) in [5.41, 5.74) is 2.38. The second kappa shape index (κ2) is 4.70. The van der Waals surface area contributed by atoms with Gasteiger partial charge in [0.1, 0.15) is 5.75 Å². The van der Waals surface area contributed by atoms with Crippen LogP contribution < -0.4 is 0 Å². The Morgan fingerprint density at radius 3 is 2.46 bits per heavy atom. The van der Waals surface area contributed by atoms with E-state index in [1.807, 2.05) is 12.1 Å². The Morgan fingerprint density at radius 1 is 1.31 bits per heavy atom. The van der Waals surface area contributed by atoms with E-state index in [0.29, 0.717) is 5.75 Å². The van der Waals surface area contributed by atoms with Gasteiger partial charge in [0.25, 0.3) is 0 Å². The van der Waals surface area contributed by atoms with Crippen molar-refractivity contribution < 1.29 is 5.11 Å². The molecular weight excluding hydrogens is 160 g/mol. The van der Waals surface area contributed by atoms with Gasteiger partial charge in [-0.15, -0.1) is 0 Å². The average molecular weight is 175 g/mol. The van der Waals surface area contributed by atoms with Gasteiger partial charge in [0.15, 0.2) is 0 Å². The zero-order valence-corrected chi connectivity index (χ0v) is 8.12. The standard InChI is InChI=1S/C12H15O/c1-3-4-10(2)9-11-5-7-12(13)8-6-11/h4-9,13H,3H2,1-2H3/b10-9+. The normalized spacial score (nSPS) is 11.7. The van der Waals surface area contributed by atoms with Crippen molar-refractivity contribution in [2.45, 2.75) is 20.3 Å². The molecule has 1 aromatic carbocycles. The van der Waals surface area contributed by atoms with E-state index in [2.05, 4.69) is 26.3 Å². The monoisotopic (exact) mass is 175 g/mol. The molecule has 0 aliphatic rings. The largest absolute Gasteiger partial charge is 0.508 e. The molecule has 0 aliphatic heterocycles. The Labute approximate surface area is 79.7 Å². The molecule has 0 aliphatic carbocycles. The van der Waals surface area contributed by atoms with E-state index < -0.39 is 0 Å². The van der Waals surface area contributed by atoms with Gasteiger partial charge in [0, 0.05) is 0 Å². The van der Waals surface area contributed by atoms with E-state index in [0.717, 1.165) is 12.0 Å². The predicted octanol–water partition coefficient (Wildman–Crippen LogP) is 3.41. The fraction of sp³-hybridized carbons (Fsp3) is 0.250. The number of aromatic hydroxyl groups is 1. The molecule has 1 nitrogen and oxygen atoms in total. The number of allylic oxidation sites excluding steroid dienone is 1. The SMILES string of the molecule is CC[CH]/C(C)=C/c1ccc(O)cc1. The van der Waals surface area contributed by atoms with Crippen molar-refractivity contribution in [2.24, 2.45) is 0 Å². The second-order valence-corrected chi connectivity index (χ2v) is 3.09. The molecule has 1 rings (SSSR count). The van der Waals surface area contributed by atoms with E-state index in [-0.39, 0.29) is 0 Å². The molecule has 0 fully saturated rings. The summed E-state index contributed by atoms with van der Waals surface area (Å²) in [6.07, 6.45) is 5.33. The van der Waals surface area contributed by atoms with E-state index in [1.54, 1.807) is 12.1 Å². The molecule has 0 bridgehead atoms. The number of hydrogen-bond donors (Lipinski definition) is 1. The Kier molecular flexibility index (Phi) is 3.56. The Hall–Kier alpha value is -1.24. The van der Waals surface area contributed by atoms with E-state index in [1.165, 1.54) is 5.57 Å². The third kappa shape index (κ3) is 3.32. The summed E-state index contributed by atoms with van der Waals surface area (Å²) in [5.74, 6) is 0.314. The molecule has 0 aromatic heterocycles. The molecule has 0 heterocycles. The van der Waals surface area contributed by atoms with Crippen molar-refractivity contribution in [3.05, 3.63) is 41.8 Å². The van der Waals surface area contributed by atoms with Crippen LogP contribution in [0.25, 0.3) is 6.08 Å². The summed E-state index contributed by atoms with van der Waals surface area (Å²) in [4.78, 5) is 0. The van der Waals surface area contributed by atoms with Crippen LogP contribution in [-0.4, -0.2) is 5.11 Å². The van der Waals surface area contributed by atoms with E-state index in [4.69, 9.17) is 5.11 Å². The molecule has 0 atom stereocenters. The molecule has 0 saturated carbocycles. The van der Waals surface area contributed by atoms with Gasteiger partial charge >= 0.3 is 0 Å². The van der Waals surface area contributed by atoms with Crippen LogP contribution in [0.2, 0.25) is 0 Å². The fourth-order valence-electron chi connectivity index (χ4n) is 1.21. The van der Waals surface area contributed by atoms with Crippen molar-refractivity contribution in [3.8, 4) is 5.75 Å². The van der Waals surface area contributed by atoms with Gasteiger partial charge in [-0.2, -0.15) is 0 Å². The zero-order chi connectivity index (χ0) is 9.68. The molecule has 0 amide bonds. The van der Waals surface area contributed by atoms with Gasteiger partial charge < -0.3 is 5.11 Å². The minimum atomic E-state index is 0.314. The lowest BCUT2D eigenvalue weighted by Crippen LogP contribution is -1.77. The molecule has 1 aromatic rings. The number of phenolic OH excluding ortho intramolecular Hbond substituents is 1. The summed E-state index contributed by atoms with van der Waals surface area (Å²) in [6.45, 7) is 4.20. The quantitative estimate of drug-likeness (QED) is 0.746. The highest BCUT2D eigenvalue weighted by molar-refractivity contribution is 5.55. The van der Waals surface area contributed by atoms with Gasteiger partial charge in [-0.25, -0.2) is 0 Å². The highest BCUT2D eigenvalue weighted by Gasteiger charge is 1.91. The maximum absolute atomic E-state index is 9.07. The van der Waals surface area contributed by atoms with E-state index in [9.17, 15) is 0 Å². The van der Waals surface area contributed by atoms with Crippen molar-refractivity contribution in [2.75, 3.05) is 0 Å². The first kappa shape index (κ1) is 9.85. The van der Waals surface area contributed by atoms with Gasteiger partial charge in [-0.1, -0.05) is 30.7 Å². The van der Waals surface area contributed by atoms with E-state index >= 15 is 0 Å². The number of benzene rings is 1. The molecule has 1 radical (unpaired) electrons. The summed E-state index contributed by atoms with van der Waals surface area (Å²) < 4.78 is 0. The first-order chi connectivity index (χ1) is 6.22. The van der Waals surface area contributed by atoms with Crippen LogP contribution in [0, 0.1) is 6.42 Å². The molecular formula is C12H15O. The number of phenols is 1. The maximum atomic E-state index is 9.07. The smallest absolute Gasteiger partial charge is 0.115 e. The lowest BCUT2D eigenvalue weighted by atomic mass is 10.1. The van der Waals surface area contributed by atoms with Crippen molar-refractivity contribution in [1.82, 2.24) is 0 Å². The molecule has 0 spiro atoms. The van der Waals surface area contributed by atoms with Gasteiger partial charge in [0.2, 0.25) is 0 Å². The Bertz CT molecular complexity index is 282. The summed E-state index contributed by atoms with van der Waals surface area (Å²) >= 11 is 0. The molecule has 1 heteroatoms. The molecule has 69 valence electrons. The van der Waals surface area contributed by atoms with Crippen LogP contribution in [0.4, 0.5) is 0 Å². The summed E-state index contributed by atoms with van der Waals surface area (Å²) in [5, 5.41) is 9.07. The summed E-state index contributed by atoms with van der Waals surface area (Å²) in [6, 6.07) is 7.21. The lowest BCUT2D eigenvalue weighted by molar-refractivity contribution is 0.475. The van der Waals surface area contributed by atoms with Crippen LogP contribution in [0.5, 0.6) is 5.75 Å². The molecule has 1 N–H and O–H groups in total. The Morgan fingerprint density at radius 2 is 1.92 bits per heavy atom. The topological polar surface area (TPSA) is 20.2 Å². The Balaban J connectivity index is 2.73. The van der Waals surface area contributed by atoms with Crippen molar-refractivity contribution in [3.63, 3.8) is 0 Å². The lowest BCUT2D eigenvalue weighted by Gasteiger charge is -1.98. The van der Waals surface area contributed by atoms with Crippen molar-refractivity contribution >= 4 is 6.08 Å². The van der Waals surface area contributed by atoms with Crippen LogP contribution in [0.1, 0.15) is 25.8 Å². The molecule has 0 saturated heterocycles. The number of rotatable bonds is 3. The fourth-order valence-corrected chi connectivity index (χ4v) is 1.21. The van der Waals surface area contributed by atoms with Gasteiger partial charge in [-0.05, 0) is 37.5 Å². The second-order valence-electron chi connectivity index (χ2n) is 3.09. The highest BCUT2D eigenvalue weighted by Crippen LogP contribution is 2.14.